The second-order valence-corrected chi connectivity index (χ2v) is 6.95. The summed E-state index contributed by atoms with van der Waals surface area (Å²) in [6.07, 6.45) is 0. The summed E-state index contributed by atoms with van der Waals surface area (Å²) in [6, 6.07) is 11.7. The summed E-state index contributed by atoms with van der Waals surface area (Å²) in [5.41, 5.74) is 0.313. The molecule has 0 saturated heterocycles. The van der Waals surface area contributed by atoms with Crippen molar-refractivity contribution in [1.82, 2.24) is 4.72 Å². The number of sulfonamides is 1. The van der Waals surface area contributed by atoms with Gasteiger partial charge in [-0.1, -0.05) is 34.1 Å². The van der Waals surface area contributed by atoms with E-state index in [9.17, 15) is 12.8 Å². The number of halogens is 2. The standard InChI is InChI=1S/C14H13BrFNO2S/c1-10(13-4-2-3-5-14(13)16)17-20(18,19)12-8-6-11(15)7-9-12/h2-10,17H,1H3/t10-/m0/s1. The van der Waals surface area contributed by atoms with E-state index in [0.29, 0.717) is 5.56 Å². The van der Waals surface area contributed by atoms with Gasteiger partial charge in [-0.25, -0.2) is 17.5 Å². The van der Waals surface area contributed by atoms with Crippen LogP contribution in [-0.2, 0) is 10.0 Å². The molecule has 2 aromatic rings. The highest BCUT2D eigenvalue weighted by atomic mass is 79.9. The topological polar surface area (TPSA) is 46.2 Å². The zero-order chi connectivity index (χ0) is 14.8. The normalized spacial score (nSPS) is 13.2. The van der Waals surface area contributed by atoms with Gasteiger partial charge < -0.3 is 0 Å². The minimum Gasteiger partial charge on any atom is -0.207 e. The van der Waals surface area contributed by atoms with E-state index < -0.39 is 21.9 Å². The quantitative estimate of drug-likeness (QED) is 0.907. The van der Waals surface area contributed by atoms with Crippen LogP contribution in [0.25, 0.3) is 0 Å². The van der Waals surface area contributed by atoms with Gasteiger partial charge in [0.05, 0.1) is 4.90 Å². The maximum atomic E-state index is 13.6. The molecule has 0 bridgehead atoms. The first-order chi connectivity index (χ1) is 9.40. The van der Waals surface area contributed by atoms with Gasteiger partial charge in [-0.2, -0.15) is 0 Å². The molecule has 20 heavy (non-hydrogen) atoms. The Kier molecular flexibility index (Phi) is 4.57. The van der Waals surface area contributed by atoms with Crippen molar-refractivity contribution in [3.05, 3.63) is 64.4 Å². The monoisotopic (exact) mass is 357 g/mol. The van der Waals surface area contributed by atoms with Crippen LogP contribution in [0.15, 0.2) is 57.9 Å². The molecule has 0 aliphatic carbocycles. The van der Waals surface area contributed by atoms with Gasteiger partial charge in [0, 0.05) is 16.1 Å². The fourth-order valence-electron chi connectivity index (χ4n) is 1.80. The Morgan fingerprint density at radius 2 is 1.70 bits per heavy atom. The summed E-state index contributed by atoms with van der Waals surface area (Å²) in [4.78, 5) is 0.142. The number of nitrogens with one attached hydrogen (secondary N) is 1. The average Bonchev–Trinajstić information content (AvgIpc) is 2.39. The third kappa shape index (κ3) is 3.45. The molecule has 0 fully saturated rings. The van der Waals surface area contributed by atoms with Crippen LogP contribution in [-0.4, -0.2) is 8.42 Å². The summed E-state index contributed by atoms with van der Waals surface area (Å²) in [5.74, 6) is -0.432. The van der Waals surface area contributed by atoms with E-state index in [1.54, 1.807) is 37.3 Å². The Bertz CT molecular complexity index is 701. The first-order valence-corrected chi connectivity index (χ1v) is 8.20. The number of hydrogen-bond acceptors (Lipinski definition) is 2. The van der Waals surface area contributed by atoms with Gasteiger partial charge in [-0.15, -0.1) is 0 Å². The van der Waals surface area contributed by atoms with Crippen LogP contribution in [0.4, 0.5) is 4.39 Å². The Balaban J connectivity index is 2.24. The predicted octanol–water partition coefficient (Wildman–Crippen LogP) is 3.63. The van der Waals surface area contributed by atoms with Crippen molar-refractivity contribution < 1.29 is 12.8 Å². The molecule has 1 N–H and O–H groups in total. The fraction of sp³-hybridized carbons (Fsp3) is 0.143. The molecule has 0 heterocycles. The second kappa shape index (κ2) is 6.03. The molecule has 0 aliphatic heterocycles. The highest BCUT2D eigenvalue weighted by Crippen LogP contribution is 2.20. The predicted molar refractivity (Wildman–Crippen MR) is 79.3 cm³/mol. The molecular formula is C14H13BrFNO2S. The number of hydrogen-bond donors (Lipinski definition) is 1. The van der Waals surface area contributed by atoms with Gasteiger partial charge in [0.25, 0.3) is 0 Å². The second-order valence-electron chi connectivity index (χ2n) is 4.32. The van der Waals surface area contributed by atoms with Crippen molar-refractivity contribution in [2.24, 2.45) is 0 Å². The molecule has 0 amide bonds. The molecule has 3 nitrogen and oxygen atoms in total. The van der Waals surface area contributed by atoms with E-state index >= 15 is 0 Å². The molecule has 0 unspecified atom stereocenters. The SMILES string of the molecule is C[C@H](NS(=O)(=O)c1ccc(Br)cc1)c1ccccc1F. The minimum atomic E-state index is -3.68. The Morgan fingerprint density at radius 3 is 2.30 bits per heavy atom. The summed E-state index contributed by atoms with van der Waals surface area (Å²) in [5, 5.41) is 0. The van der Waals surface area contributed by atoms with Crippen LogP contribution in [0.3, 0.4) is 0 Å². The van der Waals surface area contributed by atoms with E-state index in [-0.39, 0.29) is 4.90 Å². The summed E-state index contributed by atoms with van der Waals surface area (Å²) < 4.78 is 41.3. The van der Waals surface area contributed by atoms with Crippen molar-refractivity contribution in [3.8, 4) is 0 Å². The van der Waals surface area contributed by atoms with Gasteiger partial charge in [0.15, 0.2) is 0 Å². The average molecular weight is 358 g/mol. The maximum absolute atomic E-state index is 13.6. The van der Waals surface area contributed by atoms with Crippen LogP contribution in [0.5, 0.6) is 0 Å². The molecule has 106 valence electrons. The van der Waals surface area contributed by atoms with E-state index in [0.717, 1.165) is 4.47 Å². The third-order valence-electron chi connectivity index (χ3n) is 2.83. The molecular weight excluding hydrogens is 345 g/mol. The van der Waals surface area contributed by atoms with Crippen molar-refractivity contribution >= 4 is 26.0 Å². The van der Waals surface area contributed by atoms with Crippen molar-refractivity contribution in [1.29, 1.82) is 0 Å². The van der Waals surface area contributed by atoms with E-state index in [2.05, 4.69) is 20.7 Å². The molecule has 0 aliphatic rings. The minimum absolute atomic E-state index is 0.142. The third-order valence-corrected chi connectivity index (χ3v) is 4.91. The molecule has 0 saturated carbocycles. The fourth-order valence-corrected chi connectivity index (χ4v) is 3.29. The molecule has 0 radical (unpaired) electrons. The molecule has 0 spiro atoms. The Morgan fingerprint density at radius 1 is 1.10 bits per heavy atom. The summed E-state index contributed by atoms with van der Waals surface area (Å²) in [6.45, 7) is 1.61. The van der Waals surface area contributed by atoms with E-state index in [1.165, 1.54) is 18.2 Å². The van der Waals surface area contributed by atoms with Gasteiger partial charge >= 0.3 is 0 Å². The van der Waals surface area contributed by atoms with Gasteiger partial charge in [-0.3, -0.25) is 0 Å². The van der Waals surface area contributed by atoms with Crippen molar-refractivity contribution in [3.63, 3.8) is 0 Å². The highest BCUT2D eigenvalue weighted by Gasteiger charge is 2.19. The van der Waals surface area contributed by atoms with Crippen molar-refractivity contribution in [2.45, 2.75) is 17.9 Å². The van der Waals surface area contributed by atoms with Crippen LogP contribution < -0.4 is 4.72 Å². The molecule has 1 atom stereocenters. The first kappa shape index (κ1) is 15.2. The van der Waals surface area contributed by atoms with Gasteiger partial charge in [-0.05, 0) is 37.3 Å². The molecule has 2 aromatic carbocycles. The lowest BCUT2D eigenvalue weighted by molar-refractivity contribution is 0.550. The summed E-state index contributed by atoms with van der Waals surface area (Å²) >= 11 is 3.24. The zero-order valence-electron chi connectivity index (χ0n) is 10.7. The molecule has 6 heteroatoms. The van der Waals surface area contributed by atoms with E-state index in [4.69, 9.17) is 0 Å². The molecule has 2 rings (SSSR count). The summed E-state index contributed by atoms with van der Waals surface area (Å²) in [7, 11) is -3.68. The van der Waals surface area contributed by atoms with E-state index in [1.807, 2.05) is 0 Å². The number of benzene rings is 2. The largest absolute Gasteiger partial charge is 0.241 e. The van der Waals surface area contributed by atoms with Crippen LogP contribution in [0, 0.1) is 5.82 Å². The van der Waals surface area contributed by atoms with Crippen molar-refractivity contribution in [2.75, 3.05) is 0 Å². The highest BCUT2D eigenvalue weighted by molar-refractivity contribution is 9.10. The smallest absolute Gasteiger partial charge is 0.207 e. The lowest BCUT2D eigenvalue weighted by Crippen LogP contribution is -2.27. The zero-order valence-corrected chi connectivity index (χ0v) is 13.1. The van der Waals surface area contributed by atoms with Gasteiger partial charge in [0.2, 0.25) is 10.0 Å². The van der Waals surface area contributed by atoms with Gasteiger partial charge in [0.1, 0.15) is 5.82 Å². The lowest BCUT2D eigenvalue weighted by Gasteiger charge is -2.15. The Hall–Kier alpha value is -1.24. The lowest BCUT2D eigenvalue weighted by atomic mass is 10.1. The van der Waals surface area contributed by atoms with Crippen LogP contribution in [0.2, 0.25) is 0 Å². The first-order valence-electron chi connectivity index (χ1n) is 5.92. The maximum Gasteiger partial charge on any atom is 0.241 e. The van der Waals surface area contributed by atoms with Crippen LogP contribution in [0.1, 0.15) is 18.5 Å². The number of rotatable bonds is 4. The molecule has 0 aromatic heterocycles. The van der Waals surface area contributed by atoms with Crippen LogP contribution >= 0.6 is 15.9 Å². The Labute approximate surface area is 126 Å².